The Morgan fingerprint density at radius 2 is 1.96 bits per heavy atom. The number of rotatable bonds is 3. The fourth-order valence-corrected chi connectivity index (χ4v) is 3.03. The van der Waals surface area contributed by atoms with Crippen LogP contribution in [0.25, 0.3) is 0 Å². The monoisotopic (exact) mass is 369 g/mol. The molecule has 1 heterocycles. The Morgan fingerprint density at radius 1 is 1.23 bits per heavy atom. The Bertz CT molecular complexity index is 845. The van der Waals surface area contributed by atoms with E-state index in [9.17, 15) is 5.11 Å². The Hall–Kier alpha value is -2.60. The van der Waals surface area contributed by atoms with Crippen LogP contribution in [0.3, 0.4) is 0 Å². The van der Waals surface area contributed by atoms with Crippen LogP contribution in [-0.2, 0) is 6.42 Å². The minimum absolute atomic E-state index is 0.177. The Balaban J connectivity index is 1.74. The van der Waals surface area contributed by atoms with Gasteiger partial charge in [-0.25, -0.2) is 0 Å². The van der Waals surface area contributed by atoms with E-state index in [1.165, 1.54) is 5.56 Å². The second-order valence-corrected chi connectivity index (χ2v) is 7.30. The van der Waals surface area contributed by atoms with Crippen molar-refractivity contribution >= 4 is 28.7 Å². The number of hydrogen-bond donors (Lipinski definition) is 3. The average Bonchev–Trinajstić information content (AvgIpc) is 2.60. The van der Waals surface area contributed by atoms with Gasteiger partial charge in [-0.3, -0.25) is 5.43 Å². The molecule has 3 N–H and O–H groups in total. The lowest BCUT2D eigenvalue weighted by Crippen LogP contribution is -2.37. The van der Waals surface area contributed by atoms with Crippen LogP contribution < -0.4 is 15.5 Å². The number of thiocarbonyl (C=S) groups is 1. The Kier molecular flexibility index (Phi) is 5.13. The van der Waals surface area contributed by atoms with Crippen LogP contribution in [0.2, 0.25) is 0 Å². The van der Waals surface area contributed by atoms with Gasteiger partial charge in [-0.2, -0.15) is 5.10 Å². The fourth-order valence-electron chi connectivity index (χ4n) is 2.87. The van der Waals surface area contributed by atoms with Gasteiger partial charge in [-0.05, 0) is 68.4 Å². The molecule has 1 aliphatic heterocycles. The zero-order valence-electron chi connectivity index (χ0n) is 15.2. The fraction of sp³-hybridized carbons (Fsp3) is 0.300. The first-order chi connectivity index (χ1) is 12.4. The van der Waals surface area contributed by atoms with E-state index in [1.54, 1.807) is 18.2 Å². The summed E-state index contributed by atoms with van der Waals surface area (Å²) in [7, 11) is 0. The molecule has 3 rings (SSSR count). The number of nitrogens with one attached hydrogen (secondary N) is 2. The molecule has 0 unspecified atom stereocenters. The zero-order chi connectivity index (χ0) is 18.7. The topological polar surface area (TPSA) is 65.9 Å². The van der Waals surface area contributed by atoms with E-state index in [1.807, 2.05) is 26.0 Å². The van der Waals surface area contributed by atoms with Crippen molar-refractivity contribution in [2.45, 2.75) is 39.2 Å². The molecule has 0 fully saturated rings. The predicted octanol–water partition coefficient (Wildman–Crippen LogP) is 4.21. The highest BCUT2D eigenvalue weighted by molar-refractivity contribution is 7.80. The van der Waals surface area contributed by atoms with E-state index in [0.717, 1.165) is 23.4 Å². The van der Waals surface area contributed by atoms with Crippen molar-refractivity contribution in [1.82, 2.24) is 5.43 Å². The lowest BCUT2D eigenvalue weighted by molar-refractivity contribution is 0.111. The minimum atomic E-state index is -0.379. The number of benzene rings is 2. The summed E-state index contributed by atoms with van der Waals surface area (Å²) in [5.74, 6) is 0.880. The van der Waals surface area contributed by atoms with Gasteiger partial charge >= 0.3 is 0 Å². The van der Waals surface area contributed by atoms with Gasteiger partial charge < -0.3 is 15.2 Å². The van der Waals surface area contributed by atoms with Gasteiger partial charge in [0.15, 0.2) is 5.11 Å². The van der Waals surface area contributed by atoms with Gasteiger partial charge in [-0.1, -0.05) is 19.1 Å². The first kappa shape index (κ1) is 18.2. The quantitative estimate of drug-likeness (QED) is 0.559. The third kappa shape index (κ3) is 4.32. The smallest absolute Gasteiger partial charge is 0.191 e. The second-order valence-electron chi connectivity index (χ2n) is 6.89. The zero-order valence-corrected chi connectivity index (χ0v) is 16.0. The van der Waals surface area contributed by atoms with Crippen molar-refractivity contribution in [3.8, 4) is 11.5 Å². The summed E-state index contributed by atoms with van der Waals surface area (Å²) >= 11 is 5.34. The predicted molar refractivity (Wildman–Crippen MR) is 109 cm³/mol. The Labute approximate surface area is 159 Å². The number of anilines is 1. The van der Waals surface area contributed by atoms with E-state index in [0.29, 0.717) is 17.3 Å². The molecule has 0 spiro atoms. The van der Waals surface area contributed by atoms with Gasteiger partial charge in [0.25, 0.3) is 0 Å². The number of hydrogen-bond acceptors (Lipinski definition) is 4. The summed E-state index contributed by atoms with van der Waals surface area (Å²) in [5.41, 5.74) is 6.26. The Morgan fingerprint density at radius 3 is 2.65 bits per heavy atom. The van der Waals surface area contributed by atoms with Crippen LogP contribution in [0, 0.1) is 0 Å². The summed E-state index contributed by atoms with van der Waals surface area (Å²) in [5, 5.41) is 17.8. The molecule has 2 aromatic rings. The molecule has 0 radical (unpaired) electrons. The van der Waals surface area contributed by atoms with E-state index < -0.39 is 0 Å². The molecule has 26 heavy (non-hydrogen) atoms. The summed E-state index contributed by atoms with van der Waals surface area (Å²) in [6, 6.07) is 13.1. The normalized spacial score (nSPS) is 16.5. The van der Waals surface area contributed by atoms with E-state index >= 15 is 0 Å². The lowest BCUT2D eigenvalue weighted by Gasteiger charge is -2.33. The number of phenolic OH excluding ortho intramolecular Hbond substituents is 1. The number of phenols is 1. The maximum absolute atomic E-state index is 9.78. The summed E-state index contributed by atoms with van der Waals surface area (Å²) < 4.78 is 5.96. The summed E-state index contributed by atoms with van der Waals surface area (Å²) in [4.78, 5) is 0. The van der Waals surface area contributed by atoms with Crippen molar-refractivity contribution in [2.75, 3.05) is 5.32 Å². The third-order valence-corrected chi connectivity index (χ3v) is 4.36. The van der Waals surface area contributed by atoms with Crippen molar-refractivity contribution in [3.63, 3.8) is 0 Å². The highest BCUT2D eigenvalue weighted by Crippen LogP contribution is 2.35. The largest absolute Gasteiger partial charge is 0.508 e. The number of hydrazone groups is 1. The molecule has 5 nitrogen and oxygen atoms in total. The van der Waals surface area contributed by atoms with E-state index in [4.69, 9.17) is 17.0 Å². The average molecular weight is 369 g/mol. The molecular formula is C20H23N3O2S. The highest BCUT2D eigenvalue weighted by atomic mass is 32.1. The van der Waals surface area contributed by atoms with Crippen LogP contribution >= 0.6 is 12.2 Å². The molecular weight excluding hydrogens is 346 g/mol. The van der Waals surface area contributed by atoms with Crippen LogP contribution in [0.15, 0.2) is 47.6 Å². The molecule has 0 saturated heterocycles. The van der Waals surface area contributed by atoms with Gasteiger partial charge in [0.2, 0.25) is 0 Å². The second kappa shape index (κ2) is 7.33. The number of fused-ring (bicyclic) bond motifs is 1. The highest BCUT2D eigenvalue weighted by Gasteiger charge is 2.31. The van der Waals surface area contributed by atoms with Gasteiger partial charge in [0.05, 0.1) is 5.71 Å². The van der Waals surface area contributed by atoms with Crippen molar-refractivity contribution in [3.05, 3.63) is 53.6 Å². The molecule has 0 aliphatic carbocycles. The van der Waals surface area contributed by atoms with E-state index in [2.05, 4.69) is 34.9 Å². The standard InChI is InChI=1S/C20H23N3O2S/c1-4-13-5-7-14(8-6-13)21-19(26)23-22-17-12-20(2,3)25-18-10-9-15(24)11-16(17)18/h5-11,24H,4,12H2,1-3H3,(H2,21,23,26)/b22-17+. The third-order valence-electron chi connectivity index (χ3n) is 4.17. The van der Waals surface area contributed by atoms with Crippen molar-refractivity contribution in [2.24, 2.45) is 5.10 Å². The first-order valence-electron chi connectivity index (χ1n) is 8.61. The maximum Gasteiger partial charge on any atom is 0.191 e. The molecule has 136 valence electrons. The van der Waals surface area contributed by atoms with Crippen LogP contribution in [-0.4, -0.2) is 21.5 Å². The van der Waals surface area contributed by atoms with E-state index in [-0.39, 0.29) is 11.4 Å². The van der Waals surface area contributed by atoms with Gasteiger partial charge in [0, 0.05) is 17.7 Å². The molecule has 6 heteroatoms. The minimum Gasteiger partial charge on any atom is -0.508 e. The molecule has 0 saturated carbocycles. The first-order valence-corrected chi connectivity index (χ1v) is 9.02. The summed E-state index contributed by atoms with van der Waals surface area (Å²) in [6.07, 6.45) is 1.60. The molecule has 0 bridgehead atoms. The molecule has 0 atom stereocenters. The van der Waals surface area contributed by atoms with Crippen molar-refractivity contribution in [1.29, 1.82) is 0 Å². The van der Waals surface area contributed by atoms with Crippen LogP contribution in [0.4, 0.5) is 5.69 Å². The number of aromatic hydroxyl groups is 1. The SMILES string of the molecule is CCc1ccc(NC(=S)N/N=C2\CC(C)(C)Oc3ccc(O)cc32)cc1. The number of aryl methyl sites for hydroxylation is 1. The van der Waals surface area contributed by atoms with Gasteiger partial charge in [0.1, 0.15) is 17.1 Å². The molecule has 2 aromatic carbocycles. The molecule has 0 amide bonds. The summed E-state index contributed by atoms with van der Waals surface area (Å²) in [6.45, 7) is 6.13. The maximum atomic E-state index is 9.78. The molecule has 0 aromatic heterocycles. The van der Waals surface area contributed by atoms with Crippen LogP contribution in [0.1, 0.15) is 38.3 Å². The van der Waals surface area contributed by atoms with Crippen molar-refractivity contribution < 1.29 is 9.84 Å². The van der Waals surface area contributed by atoms with Crippen LogP contribution in [0.5, 0.6) is 11.5 Å². The number of ether oxygens (including phenoxy) is 1. The lowest BCUT2D eigenvalue weighted by atomic mass is 9.92. The van der Waals surface area contributed by atoms with Gasteiger partial charge in [-0.15, -0.1) is 0 Å². The number of nitrogens with zero attached hydrogens (tertiary/aromatic N) is 1. The molecule has 1 aliphatic rings.